The van der Waals surface area contributed by atoms with Crippen molar-refractivity contribution in [1.29, 1.82) is 0 Å². The Balaban J connectivity index is 1.55. The van der Waals surface area contributed by atoms with Gasteiger partial charge in [0, 0.05) is 58.1 Å². The summed E-state index contributed by atoms with van der Waals surface area (Å²) in [5.74, 6) is -0.502. The number of amides is 1. The van der Waals surface area contributed by atoms with Crippen molar-refractivity contribution in [3.63, 3.8) is 0 Å². The summed E-state index contributed by atoms with van der Waals surface area (Å²) in [7, 11) is 1.69. The molecule has 3 heterocycles. The van der Waals surface area contributed by atoms with Crippen LogP contribution >= 0.6 is 0 Å². The van der Waals surface area contributed by atoms with Gasteiger partial charge >= 0.3 is 0 Å². The molecule has 7 nitrogen and oxygen atoms in total. The second-order valence-electron chi connectivity index (χ2n) is 6.10. The van der Waals surface area contributed by atoms with Gasteiger partial charge in [0.1, 0.15) is 5.69 Å². The highest BCUT2D eigenvalue weighted by Crippen LogP contribution is 2.31. The molecule has 2 aliphatic heterocycles. The Morgan fingerprint density at radius 2 is 2.12 bits per heavy atom. The van der Waals surface area contributed by atoms with Crippen LogP contribution in [0.3, 0.4) is 0 Å². The van der Waals surface area contributed by atoms with E-state index in [4.69, 9.17) is 14.2 Å². The number of aromatic nitrogens is 1. The topological polar surface area (TPSA) is 72.9 Å². The number of hydrogen-bond acceptors (Lipinski definition) is 6. The molecule has 1 spiro atoms. The number of carbonyl (C=O) groups excluding carboxylic acids is 1. The number of carbonyl (C=O) groups is 1. The van der Waals surface area contributed by atoms with Gasteiger partial charge in [0.2, 0.25) is 0 Å². The van der Waals surface area contributed by atoms with E-state index in [0.29, 0.717) is 51.4 Å². The van der Waals surface area contributed by atoms with Crippen LogP contribution < -0.4 is 5.32 Å². The zero-order valence-corrected chi connectivity index (χ0v) is 14.1. The highest BCUT2D eigenvalue weighted by atomic mass is 16.7. The van der Waals surface area contributed by atoms with Crippen molar-refractivity contribution in [1.82, 2.24) is 9.88 Å². The Bertz CT molecular complexity index is 551. The molecule has 7 heteroatoms. The van der Waals surface area contributed by atoms with Gasteiger partial charge < -0.3 is 24.4 Å². The van der Waals surface area contributed by atoms with E-state index < -0.39 is 5.79 Å². The van der Waals surface area contributed by atoms with E-state index in [0.717, 1.165) is 18.7 Å². The minimum absolute atomic E-state index is 0.0385. The fraction of sp³-hybridized carbons (Fsp3) is 0.647. The summed E-state index contributed by atoms with van der Waals surface area (Å²) >= 11 is 0. The van der Waals surface area contributed by atoms with Gasteiger partial charge in [0.25, 0.3) is 5.91 Å². The van der Waals surface area contributed by atoms with Gasteiger partial charge in [0.05, 0.1) is 13.2 Å². The van der Waals surface area contributed by atoms with Crippen LogP contribution in [0.4, 0.5) is 5.69 Å². The maximum absolute atomic E-state index is 12.7. The number of nitrogens with zero attached hydrogens (tertiary/aromatic N) is 2. The number of likely N-dealkylation sites (tertiary alicyclic amines) is 1. The molecule has 2 aliphatic rings. The quantitative estimate of drug-likeness (QED) is 0.795. The van der Waals surface area contributed by atoms with E-state index in [-0.39, 0.29) is 5.91 Å². The monoisotopic (exact) mass is 335 g/mol. The summed E-state index contributed by atoms with van der Waals surface area (Å²) in [5, 5.41) is 3.29. The Morgan fingerprint density at radius 3 is 2.83 bits per heavy atom. The first-order valence-corrected chi connectivity index (χ1v) is 8.48. The Hall–Kier alpha value is -1.70. The summed E-state index contributed by atoms with van der Waals surface area (Å²) < 4.78 is 16.4. The number of pyridine rings is 1. The molecule has 0 radical (unpaired) electrons. The first kappa shape index (κ1) is 17.1. The fourth-order valence-corrected chi connectivity index (χ4v) is 3.10. The number of methoxy groups -OCH3 is 1. The lowest BCUT2D eigenvalue weighted by Crippen LogP contribution is -2.47. The summed E-state index contributed by atoms with van der Waals surface area (Å²) in [5.41, 5.74) is 1.37. The first-order chi connectivity index (χ1) is 11.7. The minimum Gasteiger partial charge on any atom is -0.385 e. The van der Waals surface area contributed by atoms with Crippen LogP contribution in [0.15, 0.2) is 18.3 Å². The number of rotatable bonds is 6. The maximum Gasteiger partial charge on any atom is 0.272 e. The molecule has 1 N–H and O–H groups in total. The highest BCUT2D eigenvalue weighted by Gasteiger charge is 2.41. The highest BCUT2D eigenvalue weighted by molar-refractivity contribution is 5.93. The third-order valence-corrected chi connectivity index (χ3v) is 4.46. The lowest BCUT2D eigenvalue weighted by Gasteiger charge is -2.37. The molecule has 3 rings (SSSR count). The molecule has 0 atom stereocenters. The summed E-state index contributed by atoms with van der Waals surface area (Å²) in [6.07, 6.45) is 4.01. The van der Waals surface area contributed by atoms with Gasteiger partial charge in [-0.2, -0.15) is 0 Å². The van der Waals surface area contributed by atoms with E-state index in [1.54, 1.807) is 13.3 Å². The van der Waals surface area contributed by atoms with Crippen molar-refractivity contribution in [2.24, 2.45) is 0 Å². The fourth-order valence-electron chi connectivity index (χ4n) is 3.10. The van der Waals surface area contributed by atoms with Crippen molar-refractivity contribution in [3.05, 3.63) is 24.0 Å². The second-order valence-corrected chi connectivity index (χ2v) is 6.10. The minimum atomic E-state index is -0.463. The van der Waals surface area contributed by atoms with Gasteiger partial charge in [-0.25, -0.2) is 0 Å². The number of piperidine rings is 1. The van der Waals surface area contributed by atoms with Gasteiger partial charge in [-0.05, 0) is 18.6 Å². The van der Waals surface area contributed by atoms with E-state index in [2.05, 4.69) is 10.3 Å². The van der Waals surface area contributed by atoms with Crippen LogP contribution in [-0.4, -0.2) is 68.1 Å². The molecule has 24 heavy (non-hydrogen) atoms. The average Bonchev–Trinajstić information content (AvgIpc) is 3.07. The third-order valence-electron chi connectivity index (χ3n) is 4.46. The molecule has 0 aromatic carbocycles. The smallest absolute Gasteiger partial charge is 0.272 e. The van der Waals surface area contributed by atoms with Gasteiger partial charge in [0.15, 0.2) is 5.79 Å². The van der Waals surface area contributed by atoms with Gasteiger partial charge in [-0.1, -0.05) is 0 Å². The molecular weight excluding hydrogens is 310 g/mol. The van der Waals surface area contributed by atoms with Crippen molar-refractivity contribution < 1.29 is 19.0 Å². The van der Waals surface area contributed by atoms with E-state index in [1.807, 2.05) is 17.0 Å². The van der Waals surface area contributed by atoms with Crippen molar-refractivity contribution in [2.75, 3.05) is 51.9 Å². The molecule has 132 valence electrons. The number of nitrogens with one attached hydrogen (secondary N) is 1. The maximum atomic E-state index is 12.7. The molecule has 0 bridgehead atoms. The van der Waals surface area contributed by atoms with Crippen LogP contribution in [0, 0.1) is 0 Å². The lowest BCUT2D eigenvalue weighted by atomic mass is 10.0. The molecule has 0 aliphatic carbocycles. The van der Waals surface area contributed by atoms with Crippen LogP contribution in [0.5, 0.6) is 0 Å². The molecular formula is C17H25N3O4. The first-order valence-electron chi connectivity index (χ1n) is 8.48. The van der Waals surface area contributed by atoms with Gasteiger partial charge in [-0.3, -0.25) is 9.78 Å². The Labute approximate surface area is 142 Å². The van der Waals surface area contributed by atoms with Crippen molar-refractivity contribution in [3.8, 4) is 0 Å². The molecule has 1 amide bonds. The molecule has 1 aromatic heterocycles. The Morgan fingerprint density at radius 1 is 1.38 bits per heavy atom. The van der Waals surface area contributed by atoms with Crippen molar-refractivity contribution in [2.45, 2.75) is 25.0 Å². The van der Waals surface area contributed by atoms with Crippen molar-refractivity contribution >= 4 is 11.6 Å². The number of anilines is 1. The zero-order chi connectivity index (χ0) is 16.8. The van der Waals surface area contributed by atoms with E-state index in [1.165, 1.54) is 0 Å². The van der Waals surface area contributed by atoms with Crippen LogP contribution in [0.1, 0.15) is 29.8 Å². The van der Waals surface area contributed by atoms with Gasteiger partial charge in [-0.15, -0.1) is 0 Å². The Kier molecular flexibility index (Phi) is 5.65. The lowest BCUT2D eigenvalue weighted by molar-refractivity contribution is -0.181. The standard InChI is InChI=1S/C17H25N3O4/c1-22-10-2-6-18-14-3-7-19-15(13-14)16(21)20-8-4-17(5-9-20)23-11-12-24-17/h3,7,13H,2,4-6,8-12H2,1H3,(H,18,19). The summed E-state index contributed by atoms with van der Waals surface area (Å²) in [6.45, 7) is 4.06. The zero-order valence-electron chi connectivity index (χ0n) is 14.1. The van der Waals surface area contributed by atoms with E-state index in [9.17, 15) is 4.79 Å². The second kappa shape index (κ2) is 7.92. The number of hydrogen-bond donors (Lipinski definition) is 1. The van der Waals surface area contributed by atoms with Crippen LogP contribution in [0.25, 0.3) is 0 Å². The number of ether oxygens (including phenoxy) is 3. The molecule has 0 saturated carbocycles. The summed E-state index contributed by atoms with van der Waals surface area (Å²) in [4.78, 5) is 18.7. The molecule has 0 unspecified atom stereocenters. The predicted molar refractivity (Wildman–Crippen MR) is 89.0 cm³/mol. The predicted octanol–water partition coefficient (Wildman–Crippen LogP) is 1.51. The molecule has 2 fully saturated rings. The summed E-state index contributed by atoms with van der Waals surface area (Å²) in [6, 6.07) is 3.68. The average molecular weight is 335 g/mol. The largest absolute Gasteiger partial charge is 0.385 e. The van der Waals surface area contributed by atoms with Crippen LogP contribution in [-0.2, 0) is 14.2 Å². The van der Waals surface area contributed by atoms with E-state index >= 15 is 0 Å². The SMILES string of the molecule is COCCCNc1ccnc(C(=O)N2CCC3(CC2)OCCO3)c1. The third kappa shape index (κ3) is 4.03. The molecule has 1 aromatic rings. The normalized spacial score (nSPS) is 19.6. The van der Waals surface area contributed by atoms with Crippen LogP contribution in [0.2, 0.25) is 0 Å². The molecule has 2 saturated heterocycles.